The molecule has 3 heteroatoms. The number of nitrogens with two attached hydrogens (primary N) is 1. The zero-order valence-electron chi connectivity index (χ0n) is 10.4. The van der Waals surface area contributed by atoms with Gasteiger partial charge in [-0.3, -0.25) is 4.79 Å². The maximum absolute atomic E-state index is 12.1. The summed E-state index contributed by atoms with van der Waals surface area (Å²) in [4.78, 5) is 14.2. The van der Waals surface area contributed by atoms with E-state index in [9.17, 15) is 4.79 Å². The Morgan fingerprint density at radius 2 is 2.13 bits per heavy atom. The van der Waals surface area contributed by atoms with Gasteiger partial charge in [-0.05, 0) is 25.7 Å². The van der Waals surface area contributed by atoms with Crippen LogP contribution < -0.4 is 5.73 Å². The van der Waals surface area contributed by atoms with Gasteiger partial charge in [-0.1, -0.05) is 20.8 Å². The average Bonchev–Trinajstić information content (AvgIpc) is 2.57. The summed E-state index contributed by atoms with van der Waals surface area (Å²) in [6, 6.07) is 0.389. The molecule has 4 unspecified atom stereocenters. The van der Waals surface area contributed by atoms with Crippen molar-refractivity contribution in [3.8, 4) is 0 Å². The highest BCUT2D eigenvalue weighted by Crippen LogP contribution is 2.26. The number of likely N-dealkylation sites (tertiary alicyclic amines) is 1. The molecular formula is C12H24N2O. The first-order valence-corrected chi connectivity index (χ1v) is 6.03. The summed E-state index contributed by atoms with van der Waals surface area (Å²) >= 11 is 0. The van der Waals surface area contributed by atoms with Gasteiger partial charge in [0, 0.05) is 18.6 Å². The number of carbonyl (C=O) groups excluding carboxylic acids is 1. The standard InChI is InChI=1S/C12H24N2O/c1-5-11-6-8(2)7-14(11)12(15)9(3)10(4)13/h8-11H,5-7,13H2,1-4H3. The molecule has 3 nitrogen and oxygen atoms in total. The third-order valence-electron chi connectivity index (χ3n) is 3.56. The summed E-state index contributed by atoms with van der Waals surface area (Å²) in [5.41, 5.74) is 5.78. The summed E-state index contributed by atoms with van der Waals surface area (Å²) in [6.07, 6.45) is 2.20. The lowest BCUT2D eigenvalue weighted by Crippen LogP contribution is -2.43. The quantitative estimate of drug-likeness (QED) is 0.772. The Hall–Kier alpha value is -0.570. The normalized spacial score (nSPS) is 30.3. The Kier molecular flexibility index (Phi) is 4.14. The van der Waals surface area contributed by atoms with Crippen LogP contribution in [0, 0.1) is 11.8 Å². The van der Waals surface area contributed by atoms with E-state index in [1.807, 2.05) is 18.7 Å². The van der Waals surface area contributed by atoms with Gasteiger partial charge >= 0.3 is 0 Å². The maximum atomic E-state index is 12.1. The second-order valence-corrected chi connectivity index (χ2v) is 5.04. The van der Waals surface area contributed by atoms with Crippen molar-refractivity contribution in [3.05, 3.63) is 0 Å². The summed E-state index contributed by atoms with van der Waals surface area (Å²) < 4.78 is 0. The predicted molar refractivity (Wildman–Crippen MR) is 62.4 cm³/mol. The number of nitrogens with zero attached hydrogens (tertiary/aromatic N) is 1. The second-order valence-electron chi connectivity index (χ2n) is 5.04. The number of carbonyl (C=O) groups is 1. The zero-order valence-corrected chi connectivity index (χ0v) is 10.4. The van der Waals surface area contributed by atoms with Gasteiger partial charge in [0.1, 0.15) is 0 Å². The van der Waals surface area contributed by atoms with Crippen LogP contribution in [0.25, 0.3) is 0 Å². The van der Waals surface area contributed by atoms with E-state index in [1.165, 1.54) is 0 Å². The molecule has 0 saturated carbocycles. The molecule has 0 aliphatic carbocycles. The summed E-state index contributed by atoms with van der Waals surface area (Å²) in [7, 11) is 0. The largest absolute Gasteiger partial charge is 0.339 e. The monoisotopic (exact) mass is 212 g/mol. The summed E-state index contributed by atoms with van der Waals surface area (Å²) in [6.45, 7) is 9.12. The molecule has 0 spiro atoms. The first-order chi connectivity index (χ1) is 6.97. The van der Waals surface area contributed by atoms with E-state index in [0.29, 0.717) is 12.0 Å². The smallest absolute Gasteiger partial charge is 0.227 e. The minimum absolute atomic E-state index is 0.0501. The van der Waals surface area contributed by atoms with Crippen molar-refractivity contribution >= 4 is 5.91 Å². The van der Waals surface area contributed by atoms with E-state index >= 15 is 0 Å². The van der Waals surface area contributed by atoms with E-state index in [4.69, 9.17) is 5.73 Å². The van der Waals surface area contributed by atoms with Crippen LogP contribution in [-0.2, 0) is 4.79 Å². The molecule has 15 heavy (non-hydrogen) atoms. The SMILES string of the molecule is CCC1CC(C)CN1C(=O)C(C)C(C)N. The van der Waals surface area contributed by atoms with Gasteiger partial charge < -0.3 is 10.6 Å². The van der Waals surface area contributed by atoms with Crippen molar-refractivity contribution < 1.29 is 4.79 Å². The van der Waals surface area contributed by atoms with Crippen LogP contribution in [-0.4, -0.2) is 29.4 Å². The van der Waals surface area contributed by atoms with Gasteiger partial charge in [0.2, 0.25) is 5.91 Å². The zero-order chi connectivity index (χ0) is 11.6. The van der Waals surface area contributed by atoms with Crippen molar-refractivity contribution in [2.24, 2.45) is 17.6 Å². The summed E-state index contributed by atoms with van der Waals surface area (Å²) in [5, 5.41) is 0. The Balaban J connectivity index is 2.66. The molecular weight excluding hydrogens is 188 g/mol. The van der Waals surface area contributed by atoms with Crippen molar-refractivity contribution in [3.63, 3.8) is 0 Å². The number of hydrogen-bond donors (Lipinski definition) is 1. The third-order valence-corrected chi connectivity index (χ3v) is 3.56. The fourth-order valence-corrected chi connectivity index (χ4v) is 2.29. The lowest BCUT2D eigenvalue weighted by Gasteiger charge is -2.28. The molecule has 88 valence electrons. The first-order valence-electron chi connectivity index (χ1n) is 6.03. The average molecular weight is 212 g/mol. The van der Waals surface area contributed by atoms with Crippen molar-refractivity contribution in [2.45, 2.75) is 52.6 Å². The number of rotatable bonds is 3. The molecule has 1 fully saturated rings. The minimum atomic E-state index is -0.0515. The van der Waals surface area contributed by atoms with Crippen LogP contribution >= 0.6 is 0 Å². The lowest BCUT2D eigenvalue weighted by atomic mass is 10.0. The van der Waals surface area contributed by atoms with Crippen molar-refractivity contribution in [2.75, 3.05) is 6.54 Å². The van der Waals surface area contributed by atoms with Crippen LogP contribution in [0.5, 0.6) is 0 Å². The Labute approximate surface area is 93.0 Å². The van der Waals surface area contributed by atoms with E-state index in [1.54, 1.807) is 0 Å². The van der Waals surface area contributed by atoms with E-state index in [2.05, 4.69) is 13.8 Å². The topological polar surface area (TPSA) is 46.3 Å². The van der Waals surface area contributed by atoms with Gasteiger partial charge in [-0.25, -0.2) is 0 Å². The van der Waals surface area contributed by atoms with Gasteiger partial charge in [0.05, 0.1) is 5.92 Å². The Bertz CT molecular complexity index is 228. The molecule has 1 aliphatic rings. The third kappa shape index (κ3) is 2.71. The number of amides is 1. The van der Waals surface area contributed by atoms with E-state index in [0.717, 1.165) is 19.4 Å². The molecule has 1 rings (SSSR count). The molecule has 1 saturated heterocycles. The highest BCUT2D eigenvalue weighted by Gasteiger charge is 2.34. The predicted octanol–water partition coefficient (Wildman–Crippen LogP) is 1.62. The highest BCUT2D eigenvalue weighted by molar-refractivity contribution is 5.79. The Morgan fingerprint density at radius 1 is 1.53 bits per heavy atom. The van der Waals surface area contributed by atoms with Crippen molar-refractivity contribution in [1.29, 1.82) is 0 Å². The molecule has 1 heterocycles. The molecule has 0 radical (unpaired) electrons. The summed E-state index contributed by atoms with van der Waals surface area (Å²) in [5.74, 6) is 0.824. The van der Waals surface area contributed by atoms with Gasteiger partial charge in [-0.2, -0.15) is 0 Å². The molecule has 1 aliphatic heterocycles. The fourth-order valence-electron chi connectivity index (χ4n) is 2.29. The van der Waals surface area contributed by atoms with Crippen LogP contribution in [0.4, 0.5) is 0 Å². The lowest BCUT2D eigenvalue weighted by molar-refractivity contribution is -0.136. The van der Waals surface area contributed by atoms with Crippen LogP contribution in [0.2, 0.25) is 0 Å². The first kappa shape index (κ1) is 12.5. The fraction of sp³-hybridized carbons (Fsp3) is 0.917. The Morgan fingerprint density at radius 3 is 2.60 bits per heavy atom. The van der Waals surface area contributed by atoms with E-state index in [-0.39, 0.29) is 17.9 Å². The maximum Gasteiger partial charge on any atom is 0.227 e. The highest BCUT2D eigenvalue weighted by atomic mass is 16.2. The van der Waals surface area contributed by atoms with E-state index < -0.39 is 0 Å². The van der Waals surface area contributed by atoms with Crippen molar-refractivity contribution in [1.82, 2.24) is 4.90 Å². The molecule has 2 N–H and O–H groups in total. The van der Waals surface area contributed by atoms with Crippen LogP contribution in [0.15, 0.2) is 0 Å². The molecule has 0 aromatic heterocycles. The molecule has 0 bridgehead atoms. The molecule has 4 atom stereocenters. The molecule has 0 aromatic carbocycles. The van der Waals surface area contributed by atoms with Gasteiger partial charge in [-0.15, -0.1) is 0 Å². The minimum Gasteiger partial charge on any atom is -0.339 e. The van der Waals surface area contributed by atoms with Crippen LogP contribution in [0.3, 0.4) is 0 Å². The molecule has 0 aromatic rings. The number of hydrogen-bond acceptors (Lipinski definition) is 2. The van der Waals surface area contributed by atoms with Gasteiger partial charge in [0.15, 0.2) is 0 Å². The molecule has 1 amide bonds. The van der Waals surface area contributed by atoms with Crippen LogP contribution in [0.1, 0.15) is 40.5 Å². The second kappa shape index (κ2) is 4.97. The van der Waals surface area contributed by atoms with Gasteiger partial charge in [0.25, 0.3) is 0 Å².